The van der Waals surface area contributed by atoms with E-state index in [0.29, 0.717) is 17.1 Å². The molecule has 0 radical (unpaired) electrons. The van der Waals surface area contributed by atoms with Crippen LogP contribution >= 0.6 is 23.1 Å². The summed E-state index contributed by atoms with van der Waals surface area (Å²) < 4.78 is 1.53. The van der Waals surface area contributed by atoms with Gasteiger partial charge < -0.3 is 5.32 Å². The summed E-state index contributed by atoms with van der Waals surface area (Å²) in [6.07, 6.45) is 0. The maximum absolute atomic E-state index is 12.6. The van der Waals surface area contributed by atoms with Crippen molar-refractivity contribution in [1.29, 1.82) is 0 Å². The molecule has 2 aromatic heterocycles. The molecule has 0 saturated carbocycles. The van der Waals surface area contributed by atoms with Crippen LogP contribution in [-0.2, 0) is 18.4 Å². The molecule has 7 heteroatoms. The van der Waals surface area contributed by atoms with Crippen molar-refractivity contribution in [1.82, 2.24) is 14.9 Å². The first-order chi connectivity index (χ1) is 12.4. The summed E-state index contributed by atoms with van der Waals surface area (Å²) >= 11 is 2.80. The van der Waals surface area contributed by atoms with E-state index in [-0.39, 0.29) is 17.2 Å². The van der Waals surface area contributed by atoms with E-state index in [2.05, 4.69) is 10.3 Å². The zero-order valence-corrected chi connectivity index (χ0v) is 16.9. The molecular weight excluding hydrogens is 366 g/mol. The number of nitrogens with one attached hydrogen (secondary N) is 1. The Morgan fingerprint density at radius 2 is 1.92 bits per heavy atom. The Labute approximate surface area is 160 Å². The smallest absolute Gasteiger partial charge is 0.262 e. The predicted molar refractivity (Wildman–Crippen MR) is 108 cm³/mol. The fourth-order valence-corrected chi connectivity index (χ4v) is 4.45. The molecule has 0 fully saturated rings. The van der Waals surface area contributed by atoms with Gasteiger partial charge in [-0.25, -0.2) is 4.98 Å². The average Bonchev–Trinajstić information content (AvgIpc) is 2.90. The quantitative estimate of drug-likeness (QED) is 0.539. The summed E-state index contributed by atoms with van der Waals surface area (Å²) in [6.45, 7) is 6.47. The predicted octanol–water partition coefficient (Wildman–Crippen LogP) is 3.33. The summed E-state index contributed by atoms with van der Waals surface area (Å²) in [5, 5.41) is 4.15. The Bertz CT molecular complexity index is 1020. The minimum Gasteiger partial charge on any atom is -0.351 e. The van der Waals surface area contributed by atoms with Gasteiger partial charge in [0.25, 0.3) is 5.56 Å². The number of rotatable bonds is 5. The van der Waals surface area contributed by atoms with Crippen LogP contribution < -0.4 is 10.9 Å². The maximum atomic E-state index is 12.6. The third-order valence-electron chi connectivity index (χ3n) is 4.31. The number of hydrogen-bond acceptors (Lipinski definition) is 5. The molecule has 26 heavy (non-hydrogen) atoms. The lowest BCUT2D eigenvalue weighted by Gasteiger charge is -2.08. The van der Waals surface area contributed by atoms with Gasteiger partial charge in [0.05, 0.1) is 11.1 Å². The normalized spacial score (nSPS) is 11.1. The minimum absolute atomic E-state index is 0.0561. The Balaban J connectivity index is 1.67. The van der Waals surface area contributed by atoms with Gasteiger partial charge in [0.1, 0.15) is 4.83 Å². The molecular formula is C19H21N3O2S2. The number of carbonyl (C=O) groups excluding carboxylic acids is 1. The van der Waals surface area contributed by atoms with Gasteiger partial charge in [0.2, 0.25) is 5.91 Å². The Morgan fingerprint density at radius 1 is 1.23 bits per heavy atom. The summed E-state index contributed by atoms with van der Waals surface area (Å²) in [7, 11) is 1.70. The highest BCUT2D eigenvalue weighted by Gasteiger charge is 2.15. The average molecular weight is 388 g/mol. The molecule has 0 aliphatic carbocycles. The van der Waals surface area contributed by atoms with Crippen LogP contribution in [0.2, 0.25) is 0 Å². The second-order valence-electron chi connectivity index (χ2n) is 6.27. The van der Waals surface area contributed by atoms with Crippen molar-refractivity contribution in [2.75, 3.05) is 5.75 Å². The molecule has 3 rings (SSSR count). The summed E-state index contributed by atoms with van der Waals surface area (Å²) in [5.41, 5.74) is 3.19. The Hall–Kier alpha value is -2.12. The number of thioether (sulfide) groups is 1. The lowest BCUT2D eigenvalue weighted by atomic mass is 10.1. The van der Waals surface area contributed by atoms with Crippen molar-refractivity contribution in [2.45, 2.75) is 32.5 Å². The fourth-order valence-electron chi connectivity index (χ4n) is 2.57. The fraction of sp³-hybridized carbons (Fsp3) is 0.316. The largest absolute Gasteiger partial charge is 0.351 e. The number of thiophene rings is 1. The van der Waals surface area contributed by atoms with Gasteiger partial charge in [-0.3, -0.25) is 14.2 Å². The molecule has 0 saturated heterocycles. The van der Waals surface area contributed by atoms with Crippen LogP contribution in [0.3, 0.4) is 0 Å². The molecule has 136 valence electrons. The van der Waals surface area contributed by atoms with Crippen molar-refractivity contribution >= 4 is 39.2 Å². The van der Waals surface area contributed by atoms with Gasteiger partial charge in [0, 0.05) is 18.5 Å². The van der Waals surface area contributed by atoms with Gasteiger partial charge >= 0.3 is 0 Å². The minimum atomic E-state index is -0.0801. The van der Waals surface area contributed by atoms with Crippen LogP contribution in [-0.4, -0.2) is 21.2 Å². The van der Waals surface area contributed by atoms with E-state index in [1.54, 1.807) is 7.05 Å². The highest BCUT2D eigenvalue weighted by Crippen LogP contribution is 2.27. The van der Waals surface area contributed by atoms with Crippen LogP contribution in [0.25, 0.3) is 10.2 Å². The van der Waals surface area contributed by atoms with Crippen molar-refractivity contribution in [3.05, 3.63) is 56.2 Å². The number of carbonyl (C=O) groups is 1. The third kappa shape index (κ3) is 3.83. The number of benzene rings is 1. The zero-order chi connectivity index (χ0) is 18.8. The molecule has 0 aliphatic rings. The maximum Gasteiger partial charge on any atom is 0.262 e. The Morgan fingerprint density at radius 3 is 2.62 bits per heavy atom. The van der Waals surface area contributed by atoms with Gasteiger partial charge in [-0.1, -0.05) is 41.6 Å². The first kappa shape index (κ1) is 18.7. The molecule has 0 unspecified atom stereocenters. The lowest BCUT2D eigenvalue weighted by Crippen LogP contribution is -2.25. The molecule has 3 aromatic rings. The van der Waals surface area contributed by atoms with Crippen LogP contribution in [0.15, 0.2) is 34.2 Å². The number of nitrogens with zero attached hydrogens (tertiary/aromatic N) is 2. The van der Waals surface area contributed by atoms with Crippen LogP contribution in [0.5, 0.6) is 0 Å². The van der Waals surface area contributed by atoms with Crippen LogP contribution in [0, 0.1) is 20.8 Å². The van der Waals surface area contributed by atoms with Crippen molar-refractivity contribution in [3.63, 3.8) is 0 Å². The molecule has 0 spiro atoms. The molecule has 1 N–H and O–H groups in total. The van der Waals surface area contributed by atoms with Gasteiger partial charge in [-0.2, -0.15) is 0 Å². The van der Waals surface area contributed by atoms with Crippen molar-refractivity contribution in [3.8, 4) is 0 Å². The zero-order valence-electron chi connectivity index (χ0n) is 15.3. The SMILES string of the molecule is Cc1ccc(CNC(=O)CSc2nc3sc(C)c(C)c3c(=O)n2C)cc1. The van der Waals surface area contributed by atoms with E-state index in [1.165, 1.54) is 33.2 Å². The van der Waals surface area contributed by atoms with E-state index >= 15 is 0 Å². The van der Waals surface area contributed by atoms with Crippen LogP contribution in [0.4, 0.5) is 0 Å². The topological polar surface area (TPSA) is 64.0 Å². The summed E-state index contributed by atoms with van der Waals surface area (Å²) in [4.78, 5) is 31.1. The third-order valence-corrected chi connectivity index (χ3v) is 6.44. The monoisotopic (exact) mass is 387 g/mol. The first-order valence-corrected chi connectivity index (χ1v) is 10.1. The summed E-state index contributed by atoms with van der Waals surface area (Å²) in [5.74, 6) is 0.143. The van der Waals surface area contributed by atoms with Crippen LogP contribution in [0.1, 0.15) is 21.6 Å². The molecule has 5 nitrogen and oxygen atoms in total. The molecule has 1 aromatic carbocycles. The molecule has 0 atom stereocenters. The van der Waals surface area contributed by atoms with Gasteiger partial charge in [-0.05, 0) is 31.9 Å². The molecule has 1 amide bonds. The molecule has 0 aliphatic heterocycles. The van der Waals surface area contributed by atoms with E-state index < -0.39 is 0 Å². The second kappa shape index (κ2) is 7.63. The number of aromatic nitrogens is 2. The number of amides is 1. The van der Waals surface area contributed by atoms with E-state index in [4.69, 9.17) is 0 Å². The van der Waals surface area contributed by atoms with Crippen molar-refractivity contribution in [2.24, 2.45) is 7.05 Å². The number of fused-ring (bicyclic) bond motifs is 1. The van der Waals surface area contributed by atoms with E-state index in [1.807, 2.05) is 45.0 Å². The number of aryl methyl sites for hydroxylation is 3. The Kier molecular flexibility index (Phi) is 5.48. The molecule has 2 heterocycles. The summed E-state index contributed by atoms with van der Waals surface area (Å²) in [6, 6.07) is 8.05. The lowest BCUT2D eigenvalue weighted by molar-refractivity contribution is -0.118. The highest BCUT2D eigenvalue weighted by molar-refractivity contribution is 7.99. The van der Waals surface area contributed by atoms with Gasteiger partial charge in [0.15, 0.2) is 5.16 Å². The van der Waals surface area contributed by atoms with E-state index in [9.17, 15) is 9.59 Å². The number of hydrogen-bond donors (Lipinski definition) is 1. The molecule has 0 bridgehead atoms. The standard InChI is InChI=1S/C19H21N3O2S2/c1-11-5-7-14(8-6-11)9-20-15(23)10-25-19-21-17-16(18(24)22(19)4)12(2)13(3)26-17/h5-8H,9-10H2,1-4H3,(H,20,23). The van der Waals surface area contributed by atoms with E-state index in [0.717, 1.165) is 20.8 Å². The van der Waals surface area contributed by atoms with Crippen molar-refractivity contribution < 1.29 is 4.79 Å². The first-order valence-electron chi connectivity index (χ1n) is 8.28. The van der Waals surface area contributed by atoms with Gasteiger partial charge in [-0.15, -0.1) is 11.3 Å². The highest BCUT2D eigenvalue weighted by atomic mass is 32.2. The second-order valence-corrected chi connectivity index (χ2v) is 8.42.